The second-order valence-electron chi connectivity index (χ2n) is 7.58. The van der Waals surface area contributed by atoms with Crippen LogP contribution in [-0.2, 0) is 26.6 Å². The standard InChI is InChI=1S/C19H27N5O/c1-14-5-3-9-24(11-14)19-20-17-13-23(10-7-16(17)18(25)21-19)12-15-6-4-8-22(15)2/h4,6,8,14H,3,5,7,9-13H2,1-2H3,(H,20,21,25). The lowest BCUT2D eigenvalue weighted by atomic mass is 10.0. The molecule has 6 nitrogen and oxygen atoms in total. The molecule has 1 atom stereocenters. The number of aryl methyl sites for hydroxylation is 1. The first-order valence-electron chi connectivity index (χ1n) is 9.29. The summed E-state index contributed by atoms with van der Waals surface area (Å²) in [5, 5.41) is 0. The number of fused-ring (bicyclic) bond motifs is 1. The molecule has 2 aliphatic heterocycles. The number of H-pyrrole nitrogens is 1. The molecule has 2 aromatic rings. The Kier molecular flexibility index (Phi) is 4.37. The minimum absolute atomic E-state index is 0.0525. The molecule has 0 bridgehead atoms. The Morgan fingerprint density at radius 1 is 1.36 bits per heavy atom. The lowest BCUT2D eigenvalue weighted by Gasteiger charge is -2.33. The maximum Gasteiger partial charge on any atom is 0.255 e. The highest BCUT2D eigenvalue weighted by atomic mass is 16.1. The molecule has 1 fully saturated rings. The van der Waals surface area contributed by atoms with Crippen LogP contribution in [0.3, 0.4) is 0 Å². The van der Waals surface area contributed by atoms with E-state index in [1.807, 2.05) is 0 Å². The minimum Gasteiger partial charge on any atom is -0.353 e. The average Bonchev–Trinajstić information content (AvgIpc) is 2.99. The van der Waals surface area contributed by atoms with Crippen molar-refractivity contribution in [3.05, 3.63) is 45.6 Å². The minimum atomic E-state index is 0.0525. The van der Waals surface area contributed by atoms with Crippen LogP contribution in [0.15, 0.2) is 23.1 Å². The maximum atomic E-state index is 12.5. The second-order valence-corrected chi connectivity index (χ2v) is 7.58. The predicted octanol–water partition coefficient (Wildman–Crippen LogP) is 1.90. The van der Waals surface area contributed by atoms with Crippen LogP contribution in [0.5, 0.6) is 0 Å². The van der Waals surface area contributed by atoms with Gasteiger partial charge in [0.1, 0.15) is 0 Å². The number of aromatic nitrogens is 3. The maximum absolute atomic E-state index is 12.5. The van der Waals surface area contributed by atoms with Gasteiger partial charge in [-0.2, -0.15) is 0 Å². The summed E-state index contributed by atoms with van der Waals surface area (Å²) in [5.74, 6) is 1.42. The molecule has 4 heterocycles. The summed E-state index contributed by atoms with van der Waals surface area (Å²) >= 11 is 0. The molecule has 0 spiro atoms. The van der Waals surface area contributed by atoms with Crippen molar-refractivity contribution in [1.29, 1.82) is 0 Å². The van der Waals surface area contributed by atoms with E-state index in [4.69, 9.17) is 4.98 Å². The first-order valence-corrected chi connectivity index (χ1v) is 9.29. The third kappa shape index (κ3) is 3.35. The average molecular weight is 341 g/mol. The van der Waals surface area contributed by atoms with Gasteiger partial charge in [-0.15, -0.1) is 0 Å². The molecule has 1 saturated heterocycles. The Labute approximate surface area is 148 Å². The van der Waals surface area contributed by atoms with E-state index < -0.39 is 0 Å². The number of aromatic amines is 1. The van der Waals surface area contributed by atoms with Crippen molar-refractivity contribution in [2.45, 2.75) is 39.3 Å². The van der Waals surface area contributed by atoms with Crippen molar-refractivity contribution in [2.24, 2.45) is 13.0 Å². The van der Waals surface area contributed by atoms with Gasteiger partial charge < -0.3 is 9.47 Å². The summed E-state index contributed by atoms with van der Waals surface area (Å²) in [6.45, 7) is 6.79. The Bertz CT molecular complexity index is 808. The Morgan fingerprint density at radius 2 is 2.24 bits per heavy atom. The number of piperidine rings is 1. The van der Waals surface area contributed by atoms with Gasteiger partial charge in [-0.25, -0.2) is 4.98 Å². The number of nitrogens with one attached hydrogen (secondary N) is 1. The summed E-state index contributed by atoms with van der Waals surface area (Å²) in [5.41, 5.74) is 3.17. The fourth-order valence-electron chi connectivity index (χ4n) is 4.04. The van der Waals surface area contributed by atoms with Gasteiger partial charge in [0.25, 0.3) is 5.56 Å². The molecule has 0 aliphatic carbocycles. The fraction of sp³-hybridized carbons (Fsp3) is 0.579. The Balaban J connectivity index is 1.56. The van der Waals surface area contributed by atoms with Gasteiger partial charge in [0, 0.05) is 57.2 Å². The molecule has 2 aromatic heterocycles. The third-order valence-corrected chi connectivity index (χ3v) is 5.53. The summed E-state index contributed by atoms with van der Waals surface area (Å²) in [6, 6.07) is 4.23. The molecule has 4 rings (SSSR count). The highest BCUT2D eigenvalue weighted by Crippen LogP contribution is 2.22. The van der Waals surface area contributed by atoms with Crippen molar-refractivity contribution < 1.29 is 0 Å². The van der Waals surface area contributed by atoms with Gasteiger partial charge in [0.2, 0.25) is 5.95 Å². The van der Waals surface area contributed by atoms with E-state index in [1.165, 1.54) is 18.5 Å². The second kappa shape index (κ2) is 6.67. The predicted molar refractivity (Wildman–Crippen MR) is 98.7 cm³/mol. The summed E-state index contributed by atoms with van der Waals surface area (Å²) < 4.78 is 2.15. The van der Waals surface area contributed by atoms with Crippen LogP contribution in [0.2, 0.25) is 0 Å². The largest absolute Gasteiger partial charge is 0.353 e. The van der Waals surface area contributed by atoms with Gasteiger partial charge in [-0.1, -0.05) is 6.92 Å². The van der Waals surface area contributed by atoms with Crippen LogP contribution in [0, 0.1) is 5.92 Å². The van der Waals surface area contributed by atoms with Crippen molar-refractivity contribution in [2.75, 3.05) is 24.5 Å². The summed E-state index contributed by atoms with van der Waals surface area (Å²) in [6.07, 6.45) is 5.28. The molecule has 134 valence electrons. The zero-order valence-electron chi connectivity index (χ0n) is 15.2. The van der Waals surface area contributed by atoms with Crippen LogP contribution in [0.4, 0.5) is 5.95 Å². The van der Waals surface area contributed by atoms with Gasteiger partial charge >= 0.3 is 0 Å². The molecule has 0 amide bonds. The van der Waals surface area contributed by atoms with E-state index in [1.54, 1.807) is 0 Å². The molecule has 0 saturated carbocycles. The normalized spacial score (nSPS) is 21.4. The quantitative estimate of drug-likeness (QED) is 0.926. The molecule has 2 aliphatic rings. The van der Waals surface area contributed by atoms with E-state index in [-0.39, 0.29) is 5.56 Å². The van der Waals surface area contributed by atoms with Crippen LogP contribution in [-0.4, -0.2) is 39.1 Å². The van der Waals surface area contributed by atoms with E-state index in [9.17, 15) is 4.79 Å². The molecule has 1 N–H and O–H groups in total. The van der Waals surface area contributed by atoms with Crippen LogP contribution in [0.1, 0.15) is 36.7 Å². The van der Waals surface area contributed by atoms with Gasteiger partial charge in [-0.3, -0.25) is 14.7 Å². The number of anilines is 1. The lowest BCUT2D eigenvalue weighted by molar-refractivity contribution is 0.235. The first-order chi connectivity index (χ1) is 12.1. The zero-order valence-corrected chi connectivity index (χ0v) is 15.2. The molecule has 25 heavy (non-hydrogen) atoms. The van der Waals surface area contributed by atoms with Crippen LogP contribution >= 0.6 is 0 Å². The van der Waals surface area contributed by atoms with Crippen molar-refractivity contribution >= 4 is 5.95 Å². The zero-order chi connectivity index (χ0) is 17.4. The fourth-order valence-corrected chi connectivity index (χ4v) is 4.04. The van der Waals surface area contributed by atoms with Crippen molar-refractivity contribution in [1.82, 2.24) is 19.4 Å². The Hall–Kier alpha value is -2.08. The topological polar surface area (TPSA) is 57.2 Å². The Morgan fingerprint density at radius 3 is 3.00 bits per heavy atom. The van der Waals surface area contributed by atoms with Gasteiger partial charge in [0.05, 0.1) is 5.69 Å². The monoisotopic (exact) mass is 341 g/mol. The highest BCUT2D eigenvalue weighted by molar-refractivity contribution is 5.35. The summed E-state index contributed by atoms with van der Waals surface area (Å²) in [7, 11) is 2.08. The van der Waals surface area contributed by atoms with E-state index in [2.05, 4.69) is 51.7 Å². The number of rotatable bonds is 3. The van der Waals surface area contributed by atoms with Gasteiger partial charge in [0.15, 0.2) is 0 Å². The van der Waals surface area contributed by atoms with E-state index in [0.29, 0.717) is 5.92 Å². The molecular formula is C19H27N5O. The number of hydrogen-bond acceptors (Lipinski definition) is 4. The smallest absolute Gasteiger partial charge is 0.255 e. The first kappa shape index (κ1) is 16.4. The van der Waals surface area contributed by atoms with Crippen LogP contribution in [0.25, 0.3) is 0 Å². The van der Waals surface area contributed by atoms with Gasteiger partial charge in [-0.05, 0) is 37.3 Å². The highest BCUT2D eigenvalue weighted by Gasteiger charge is 2.24. The van der Waals surface area contributed by atoms with E-state index >= 15 is 0 Å². The van der Waals surface area contributed by atoms with Crippen LogP contribution < -0.4 is 10.5 Å². The lowest BCUT2D eigenvalue weighted by Crippen LogP contribution is -2.39. The third-order valence-electron chi connectivity index (χ3n) is 5.53. The van der Waals surface area contributed by atoms with Crippen molar-refractivity contribution in [3.63, 3.8) is 0 Å². The molecule has 1 unspecified atom stereocenters. The number of hydrogen-bond donors (Lipinski definition) is 1. The summed E-state index contributed by atoms with van der Waals surface area (Å²) in [4.78, 5) is 25.1. The molecule has 0 radical (unpaired) electrons. The molecular weight excluding hydrogens is 314 g/mol. The molecule has 0 aromatic carbocycles. The molecule has 6 heteroatoms. The SMILES string of the molecule is CC1CCCN(c2nc3c(c(=O)[nH]2)CCN(Cc2cccn2C)C3)C1. The number of nitrogens with zero attached hydrogens (tertiary/aromatic N) is 4. The van der Waals surface area contributed by atoms with E-state index in [0.717, 1.165) is 56.4 Å². The van der Waals surface area contributed by atoms with Crippen molar-refractivity contribution in [3.8, 4) is 0 Å².